The Hall–Kier alpha value is -1.88. The van der Waals surface area contributed by atoms with Crippen molar-refractivity contribution in [3.05, 3.63) is 35.9 Å². The van der Waals surface area contributed by atoms with Gasteiger partial charge in [-0.3, -0.25) is 14.9 Å². The SMILES string of the molecule is COC(=O)[C@H](Cc1ccccc1)N[C@H](C)C(=O)O. The number of carboxylic acids is 1. The van der Waals surface area contributed by atoms with Gasteiger partial charge in [0.2, 0.25) is 0 Å². The van der Waals surface area contributed by atoms with Crippen molar-refractivity contribution in [2.24, 2.45) is 0 Å². The first-order valence-electron chi connectivity index (χ1n) is 5.65. The third-order valence-corrected chi connectivity index (χ3v) is 2.59. The molecule has 0 aliphatic heterocycles. The van der Waals surface area contributed by atoms with E-state index in [0.29, 0.717) is 6.42 Å². The first-order chi connectivity index (χ1) is 8.54. The van der Waals surface area contributed by atoms with Gasteiger partial charge in [0.25, 0.3) is 0 Å². The van der Waals surface area contributed by atoms with E-state index in [9.17, 15) is 9.59 Å². The molecule has 5 heteroatoms. The van der Waals surface area contributed by atoms with E-state index < -0.39 is 24.0 Å². The molecule has 0 heterocycles. The van der Waals surface area contributed by atoms with Gasteiger partial charge in [0.1, 0.15) is 12.1 Å². The fourth-order valence-electron chi connectivity index (χ4n) is 1.58. The zero-order valence-electron chi connectivity index (χ0n) is 10.4. The summed E-state index contributed by atoms with van der Waals surface area (Å²) in [6, 6.07) is 7.89. The van der Waals surface area contributed by atoms with Crippen LogP contribution in [0.4, 0.5) is 0 Å². The van der Waals surface area contributed by atoms with E-state index in [1.165, 1.54) is 14.0 Å². The third kappa shape index (κ3) is 4.18. The summed E-state index contributed by atoms with van der Waals surface area (Å²) in [5, 5.41) is 11.6. The molecule has 98 valence electrons. The quantitative estimate of drug-likeness (QED) is 0.732. The molecule has 0 saturated carbocycles. The van der Waals surface area contributed by atoms with Crippen molar-refractivity contribution in [1.82, 2.24) is 5.32 Å². The van der Waals surface area contributed by atoms with Crippen LogP contribution in [0.25, 0.3) is 0 Å². The number of carbonyl (C=O) groups is 2. The number of carboxylic acid groups (broad SMARTS) is 1. The number of hydrogen-bond donors (Lipinski definition) is 2. The summed E-state index contributed by atoms with van der Waals surface area (Å²) in [7, 11) is 1.29. The second kappa shape index (κ2) is 6.76. The Labute approximate surface area is 106 Å². The van der Waals surface area contributed by atoms with Gasteiger partial charge in [0.05, 0.1) is 7.11 Å². The number of methoxy groups -OCH3 is 1. The molecule has 18 heavy (non-hydrogen) atoms. The van der Waals surface area contributed by atoms with Gasteiger partial charge in [0.15, 0.2) is 0 Å². The lowest BCUT2D eigenvalue weighted by Crippen LogP contribution is -2.47. The molecule has 0 fully saturated rings. The van der Waals surface area contributed by atoms with Crippen LogP contribution in [0.5, 0.6) is 0 Å². The molecule has 5 nitrogen and oxygen atoms in total. The smallest absolute Gasteiger partial charge is 0.323 e. The minimum absolute atomic E-state index is 0.394. The summed E-state index contributed by atoms with van der Waals surface area (Å²) in [6.07, 6.45) is 0.394. The van der Waals surface area contributed by atoms with Crippen LogP contribution in [-0.4, -0.2) is 36.2 Å². The monoisotopic (exact) mass is 251 g/mol. The van der Waals surface area contributed by atoms with Crippen LogP contribution in [0.3, 0.4) is 0 Å². The average Bonchev–Trinajstić information content (AvgIpc) is 2.38. The van der Waals surface area contributed by atoms with Gasteiger partial charge in [0, 0.05) is 0 Å². The van der Waals surface area contributed by atoms with E-state index in [1.807, 2.05) is 30.3 Å². The minimum Gasteiger partial charge on any atom is -0.480 e. The molecule has 1 aromatic carbocycles. The summed E-state index contributed by atoms with van der Waals surface area (Å²) in [5.74, 6) is -1.47. The number of ether oxygens (including phenoxy) is 1. The molecule has 0 aromatic heterocycles. The minimum atomic E-state index is -1.00. The first kappa shape index (κ1) is 14.2. The number of nitrogens with one attached hydrogen (secondary N) is 1. The summed E-state index contributed by atoms with van der Waals surface area (Å²) in [5.41, 5.74) is 0.943. The van der Waals surface area contributed by atoms with Crippen molar-refractivity contribution in [2.75, 3.05) is 7.11 Å². The number of carbonyl (C=O) groups excluding carboxylic acids is 1. The fraction of sp³-hybridized carbons (Fsp3) is 0.385. The molecule has 0 bridgehead atoms. The highest BCUT2D eigenvalue weighted by Gasteiger charge is 2.24. The maximum absolute atomic E-state index is 11.6. The van der Waals surface area contributed by atoms with Gasteiger partial charge in [-0.15, -0.1) is 0 Å². The molecule has 0 spiro atoms. The molecule has 0 aliphatic rings. The summed E-state index contributed by atoms with van der Waals surface area (Å²) >= 11 is 0. The van der Waals surface area contributed by atoms with Crippen molar-refractivity contribution < 1.29 is 19.4 Å². The molecule has 0 aliphatic carbocycles. The van der Waals surface area contributed by atoms with Crippen molar-refractivity contribution in [1.29, 1.82) is 0 Å². The third-order valence-electron chi connectivity index (χ3n) is 2.59. The lowest BCUT2D eigenvalue weighted by molar-refractivity contribution is -0.144. The number of benzene rings is 1. The van der Waals surface area contributed by atoms with Crippen molar-refractivity contribution in [3.8, 4) is 0 Å². The van der Waals surface area contributed by atoms with E-state index in [2.05, 4.69) is 10.1 Å². The van der Waals surface area contributed by atoms with Gasteiger partial charge in [-0.1, -0.05) is 30.3 Å². The normalized spacial score (nSPS) is 13.7. The first-order valence-corrected chi connectivity index (χ1v) is 5.65. The summed E-state index contributed by atoms with van der Waals surface area (Å²) in [4.78, 5) is 22.4. The van der Waals surface area contributed by atoms with Crippen LogP contribution < -0.4 is 5.32 Å². The zero-order chi connectivity index (χ0) is 13.5. The standard InChI is InChI=1S/C13H17NO4/c1-9(12(15)16)14-11(13(17)18-2)8-10-6-4-3-5-7-10/h3-7,9,11,14H,8H2,1-2H3,(H,15,16)/t9-,11+/m1/s1. The van der Waals surface area contributed by atoms with Crippen LogP contribution in [0.1, 0.15) is 12.5 Å². The highest BCUT2D eigenvalue weighted by atomic mass is 16.5. The highest BCUT2D eigenvalue weighted by molar-refractivity contribution is 5.78. The predicted octanol–water partition coefficient (Wildman–Crippen LogP) is 0.833. The molecule has 2 N–H and O–H groups in total. The van der Waals surface area contributed by atoms with Gasteiger partial charge in [-0.05, 0) is 18.9 Å². The number of aliphatic carboxylic acids is 1. The molecule has 1 aromatic rings. The molecule has 0 saturated heterocycles. The highest BCUT2D eigenvalue weighted by Crippen LogP contribution is 2.05. The number of rotatable bonds is 6. The fourth-order valence-corrected chi connectivity index (χ4v) is 1.58. The number of esters is 1. The number of hydrogen-bond acceptors (Lipinski definition) is 4. The Morgan fingerprint density at radius 1 is 1.33 bits per heavy atom. The Bertz CT molecular complexity index is 405. The second-order valence-electron chi connectivity index (χ2n) is 3.99. The van der Waals surface area contributed by atoms with Crippen LogP contribution in [0.2, 0.25) is 0 Å². The van der Waals surface area contributed by atoms with E-state index in [0.717, 1.165) is 5.56 Å². The molecule has 1 rings (SSSR count). The summed E-state index contributed by atoms with van der Waals surface area (Å²) in [6.45, 7) is 1.49. The lowest BCUT2D eigenvalue weighted by Gasteiger charge is -2.19. The maximum Gasteiger partial charge on any atom is 0.323 e. The van der Waals surface area contributed by atoms with Crippen LogP contribution >= 0.6 is 0 Å². The molecular formula is C13H17NO4. The van der Waals surface area contributed by atoms with Gasteiger partial charge < -0.3 is 9.84 Å². The van der Waals surface area contributed by atoms with Crippen LogP contribution in [0.15, 0.2) is 30.3 Å². The maximum atomic E-state index is 11.6. The Kier molecular flexibility index (Phi) is 5.32. The van der Waals surface area contributed by atoms with E-state index in [1.54, 1.807) is 0 Å². The van der Waals surface area contributed by atoms with Crippen LogP contribution in [0, 0.1) is 0 Å². The van der Waals surface area contributed by atoms with Crippen molar-refractivity contribution in [3.63, 3.8) is 0 Å². The molecule has 0 unspecified atom stereocenters. The topological polar surface area (TPSA) is 75.6 Å². The van der Waals surface area contributed by atoms with Gasteiger partial charge in [-0.25, -0.2) is 0 Å². The van der Waals surface area contributed by atoms with E-state index in [4.69, 9.17) is 5.11 Å². The van der Waals surface area contributed by atoms with Crippen molar-refractivity contribution in [2.45, 2.75) is 25.4 Å². The Balaban J connectivity index is 2.73. The Morgan fingerprint density at radius 3 is 2.44 bits per heavy atom. The molecule has 2 atom stereocenters. The average molecular weight is 251 g/mol. The van der Waals surface area contributed by atoms with E-state index >= 15 is 0 Å². The van der Waals surface area contributed by atoms with E-state index in [-0.39, 0.29) is 0 Å². The molecule has 0 radical (unpaired) electrons. The summed E-state index contributed by atoms with van der Waals surface area (Å²) < 4.78 is 4.67. The van der Waals surface area contributed by atoms with Crippen LogP contribution in [-0.2, 0) is 20.7 Å². The lowest BCUT2D eigenvalue weighted by atomic mass is 10.1. The molecular weight excluding hydrogens is 234 g/mol. The van der Waals surface area contributed by atoms with Gasteiger partial charge >= 0.3 is 11.9 Å². The molecule has 0 amide bonds. The van der Waals surface area contributed by atoms with Gasteiger partial charge in [-0.2, -0.15) is 0 Å². The van der Waals surface area contributed by atoms with Crippen molar-refractivity contribution >= 4 is 11.9 Å². The zero-order valence-corrected chi connectivity index (χ0v) is 10.4. The predicted molar refractivity (Wildman–Crippen MR) is 66.2 cm³/mol. The largest absolute Gasteiger partial charge is 0.480 e. The Morgan fingerprint density at radius 2 is 1.94 bits per heavy atom. The second-order valence-corrected chi connectivity index (χ2v) is 3.99.